The molecule has 0 aliphatic carbocycles. The lowest BCUT2D eigenvalue weighted by atomic mass is 10.2. The highest BCUT2D eigenvalue weighted by molar-refractivity contribution is 6.18. The topological polar surface area (TPSA) is 33.1 Å². The van der Waals surface area contributed by atoms with Gasteiger partial charge in [0.2, 0.25) is 0 Å². The molecule has 0 radical (unpaired) electrons. The van der Waals surface area contributed by atoms with Crippen molar-refractivity contribution in [2.75, 3.05) is 5.88 Å². The second-order valence-corrected chi connectivity index (χ2v) is 2.42. The van der Waals surface area contributed by atoms with E-state index in [1.54, 1.807) is 0 Å². The van der Waals surface area contributed by atoms with E-state index in [1.807, 2.05) is 0 Å². The molecule has 4 heteroatoms. The number of hydrogen-bond donors (Lipinski definition) is 1. The Morgan fingerprint density at radius 2 is 2.36 bits per heavy atom. The summed E-state index contributed by atoms with van der Waals surface area (Å²) in [6, 6.07) is 1.21. The van der Waals surface area contributed by atoms with E-state index in [-0.39, 0.29) is 5.88 Å². The Kier molecular flexibility index (Phi) is 2.79. The molecule has 0 fully saturated rings. The van der Waals surface area contributed by atoms with Gasteiger partial charge in [0.1, 0.15) is 5.82 Å². The van der Waals surface area contributed by atoms with E-state index in [0.29, 0.717) is 5.56 Å². The lowest BCUT2D eigenvalue weighted by molar-refractivity contribution is 0.201. The number of halogens is 2. The van der Waals surface area contributed by atoms with Gasteiger partial charge in [0.05, 0.1) is 18.2 Å². The Balaban J connectivity index is 2.86. The van der Waals surface area contributed by atoms with Crippen molar-refractivity contribution >= 4 is 11.6 Å². The molecule has 0 aromatic carbocycles. The lowest BCUT2D eigenvalue weighted by Gasteiger charge is -2.04. The second kappa shape index (κ2) is 3.64. The predicted molar refractivity (Wildman–Crippen MR) is 39.9 cm³/mol. The van der Waals surface area contributed by atoms with Crippen LogP contribution in [0, 0.1) is 5.82 Å². The zero-order valence-corrected chi connectivity index (χ0v) is 6.42. The van der Waals surface area contributed by atoms with Crippen LogP contribution < -0.4 is 0 Å². The van der Waals surface area contributed by atoms with Gasteiger partial charge in [-0.1, -0.05) is 0 Å². The molecule has 0 bridgehead atoms. The lowest BCUT2D eigenvalue weighted by Crippen LogP contribution is -1.99. The quantitative estimate of drug-likeness (QED) is 0.691. The van der Waals surface area contributed by atoms with Crippen LogP contribution in [0.2, 0.25) is 0 Å². The molecule has 1 N–H and O–H groups in total. The van der Waals surface area contributed by atoms with Crippen molar-refractivity contribution in [3.63, 3.8) is 0 Å². The number of nitrogens with zero attached hydrogens (tertiary/aromatic N) is 1. The fourth-order valence-corrected chi connectivity index (χ4v) is 0.878. The summed E-state index contributed by atoms with van der Waals surface area (Å²) in [5.74, 6) is -0.419. The molecule has 0 aliphatic rings. The first kappa shape index (κ1) is 8.43. The van der Waals surface area contributed by atoms with Crippen LogP contribution in [0.4, 0.5) is 4.39 Å². The third kappa shape index (κ3) is 2.13. The fourth-order valence-electron chi connectivity index (χ4n) is 0.700. The number of aromatic nitrogens is 1. The highest BCUT2D eigenvalue weighted by Gasteiger charge is 2.05. The Labute approximate surface area is 68.6 Å². The maximum atomic E-state index is 12.4. The summed E-state index contributed by atoms with van der Waals surface area (Å²) < 4.78 is 12.4. The van der Waals surface area contributed by atoms with Crippen LogP contribution in [-0.2, 0) is 0 Å². The van der Waals surface area contributed by atoms with Gasteiger partial charge < -0.3 is 5.11 Å². The summed E-state index contributed by atoms with van der Waals surface area (Å²) in [4.78, 5) is 3.56. The molecule has 0 saturated carbocycles. The van der Waals surface area contributed by atoms with E-state index in [4.69, 9.17) is 16.7 Å². The minimum Gasteiger partial charge on any atom is -0.387 e. The van der Waals surface area contributed by atoms with Crippen LogP contribution in [0.5, 0.6) is 0 Å². The number of alkyl halides is 1. The number of pyridine rings is 1. The van der Waals surface area contributed by atoms with Gasteiger partial charge in [0.15, 0.2) is 0 Å². The first-order valence-electron chi connectivity index (χ1n) is 3.08. The van der Waals surface area contributed by atoms with Crippen LogP contribution in [0.1, 0.15) is 11.7 Å². The van der Waals surface area contributed by atoms with Crippen molar-refractivity contribution in [1.82, 2.24) is 4.98 Å². The maximum absolute atomic E-state index is 12.4. The monoisotopic (exact) mass is 175 g/mol. The third-order valence-corrected chi connectivity index (χ3v) is 1.55. The molecule has 60 valence electrons. The Hall–Kier alpha value is -0.670. The highest BCUT2D eigenvalue weighted by Crippen LogP contribution is 2.13. The molecular weight excluding hydrogens is 169 g/mol. The van der Waals surface area contributed by atoms with E-state index in [2.05, 4.69) is 4.98 Å². The van der Waals surface area contributed by atoms with Gasteiger partial charge in [0.25, 0.3) is 0 Å². The molecule has 1 aromatic rings. The predicted octanol–water partition coefficient (Wildman–Crippen LogP) is 1.49. The van der Waals surface area contributed by atoms with Gasteiger partial charge in [-0.15, -0.1) is 11.6 Å². The van der Waals surface area contributed by atoms with Gasteiger partial charge >= 0.3 is 0 Å². The summed E-state index contributed by atoms with van der Waals surface area (Å²) in [6.45, 7) is 0. The van der Waals surface area contributed by atoms with E-state index < -0.39 is 11.9 Å². The highest BCUT2D eigenvalue weighted by atomic mass is 35.5. The molecule has 0 amide bonds. The SMILES string of the molecule is O[C@H](CCl)c1cncc(F)c1. The molecule has 1 heterocycles. The first-order valence-corrected chi connectivity index (χ1v) is 3.62. The van der Waals surface area contributed by atoms with Gasteiger partial charge in [-0.25, -0.2) is 4.39 Å². The van der Waals surface area contributed by atoms with Gasteiger partial charge in [-0.2, -0.15) is 0 Å². The first-order chi connectivity index (χ1) is 5.24. The number of hydrogen-bond acceptors (Lipinski definition) is 2. The van der Waals surface area contributed by atoms with Crippen molar-refractivity contribution in [3.05, 3.63) is 29.8 Å². The van der Waals surface area contributed by atoms with Gasteiger partial charge in [-0.3, -0.25) is 4.98 Å². The minimum absolute atomic E-state index is 0.0468. The standard InChI is InChI=1S/C7H7ClFNO/c8-2-7(11)5-1-6(9)4-10-3-5/h1,3-4,7,11H,2H2/t7-/m1/s1. The van der Waals surface area contributed by atoms with Crippen molar-refractivity contribution in [2.45, 2.75) is 6.10 Å². The zero-order valence-electron chi connectivity index (χ0n) is 5.67. The van der Waals surface area contributed by atoms with Crippen LogP contribution in [0.3, 0.4) is 0 Å². The largest absolute Gasteiger partial charge is 0.387 e. The van der Waals surface area contributed by atoms with E-state index >= 15 is 0 Å². The van der Waals surface area contributed by atoms with Crippen molar-refractivity contribution in [3.8, 4) is 0 Å². The van der Waals surface area contributed by atoms with Gasteiger partial charge in [-0.05, 0) is 6.07 Å². The summed E-state index contributed by atoms with van der Waals surface area (Å²) in [5, 5.41) is 9.12. The number of aliphatic hydroxyl groups excluding tert-OH is 1. The zero-order chi connectivity index (χ0) is 8.27. The number of rotatable bonds is 2. The molecule has 0 aliphatic heterocycles. The molecule has 1 rings (SSSR count). The van der Waals surface area contributed by atoms with E-state index in [0.717, 1.165) is 6.20 Å². The molecule has 1 aromatic heterocycles. The average Bonchev–Trinajstić information content (AvgIpc) is 2.03. The van der Waals surface area contributed by atoms with Crippen molar-refractivity contribution in [1.29, 1.82) is 0 Å². The van der Waals surface area contributed by atoms with Crippen LogP contribution in [0.25, 0.3) is 0 Å². The van der Waals surface area contributed by atoms with Crippen LogP contribution in [-0.4, -0.2) is 16.0 Å². The molecule has 0 saturated heterocycles. The normalized spacial score (nSPS) is 13.0. The average molecular weight is 176 g/mol. The molecule has 0 spiro atoms. The summed E-state index contributed by atoms with van der Waals surface area (Å²) in [5.41, 5.74) is 0.403. The smallest absolute Gasteiger partial charge is 0.141 e. The molecule has 11 heavy (non-hydrogen) atoms. The maximum Gasteiger partial charge on any atom is 0.141 e. The molecular formula is C7H7ClFNO. The molecule has 2 nitrogen and oxygen atoms in total. The molecule has 1 atom stereocenters. The van der Waals surface area contributed by atoms with Crippen LogP contribution in [0.15, 0.2) is 18.5 Å². The summed E-state index contributed by atoms with van der Waals surface area (Å²) in [6.07, 6.45) is 1.63. The Morgan fingerprint density at radius 1 is 1.64 bits per heavy atom. The fraction of sp³-hybridized carbons (Fsp3) is 0.286. The minimum atomic E-state index is -0.833. The van der Waals surface area contributed by atoms with Crippen LogP contribution >= 0.6 is 11.6 Å². The third-order valence-electron chi connectivity index (χ3n) is 1.26. The van der Waals surface area contributed by atoms with Gasteiger partial charge in [0, 0.05) is 11.8 Å². The Bertz CT molecular complexity index is 244. The number of aliphatic hydroxyl groups is 1. The van der Waals surface area contributed by atoms with Crippen molar-refractivity contribution < 1.29 is 9.50 Å². The Morgan fingerprint density at radius 3 is 2.91 bits per heavy atom. The van der Waals surface area contributed by atoms with E-state index in [1.165, 1.54) is 12.3 Å². The second-order valence-electron chi connectivity index (χ2n) is 2.11. The molecule has 0 unspecified atom stereocenters. The summed E-state index contributed by atoms with van der Waals surface area (Å²) >= 11 is 5.34. The van der Waals surface area contributed by atoms with E-state index in [9.17, 15) is 4.39 Å². The van der Waals surface area contributed by atoms with Crippen molar-refractivity contribution in [2.24, 2.45) is 0 Å². The summed E-state index contributed by atoms with van der Waals surface area (Å²) in [7, 11) is 0.